The van der Waals surface area contributed by atoms with Gasteiger partial charge in [0.1, 0.15) is 0 Å². The van der Waals surface area contributed by atoms with Crippen LogP contribution in [0.25, 0.3) is 0 Å². The summed E-state index contributed by atoms with van der Waals surface area (Å²) in [6.07, 6.45) is 4.75. The summed E-state index contributed by atoms with van der Waals surface area (Å²) < 4.78 is 1.74. The number of nitrogens with zero attached hydrogens (tertiary/aromatic N) is 4. The van der Waals surface area contributed by atoms with Gasteiger partial charge in [-0.2, -0.15) is 5.10 Å². The van der Waals surface area contributed by atoms with Gasteiger partial charge in [0.2, 0.25) is 0 Å². The van der Waals surface area contributed by atoms with Crippen molar-refractivity contribution >= 4 is 5.91 Å². The van der Waals surface area contributed by atoms with Gasteiger partial charge in [-0.25, -0.2) is 0 Å². The van der Waals surface area contributed by atoms with E-state index in [1.807, 2.05) is 13.1 Å². The monoisotopic (exact) mass is 347 g/mol. The first-order chi connectivity index (χ1) is 12.1. The predicted molar refractivity (Wildman–Crippen MR) is 92.0 cm³/mol. The Kier molecular flexibility index (Phi) is 5.52. The lowest BCUT2D eigenvalue weighted by Gasteiger charge is -2.21. The van der Waals surface area contributed by atoms with E-state index in [-0.39, 0.29) is 12.5 Å². The van der Waals surface area contributed by atoms with E-state index in [0.29, 0.717) is 44.8 Å². The minimum atomic E-state index is -0.585. The molecule has 0 bridgehead atoms. The summed E-state index contributed by atoms with van der Waals surface area (Å²) in [6, 6.07) is 1.75. The molecule has 8 heteroatoms. The van der Waals surface area contributed by atoms with Crippen LogP contribution in [0.4, 0.5) is 0 Å². The molecule has 3 N–H and O–H groups in total. The second kappa shape index (κ2) is 7.81. The molecule has 0 aromatic carbocycles. The van der Waals surface area contributed by atoms with Crippen LogP contribution in [-0.4, -0.2) is 79.6 Å². The average Bonchev–Trinajstić information content (AvgIpc) is 3.17. The molecule has 1 saturated heterocycles. The number of aliphatic hydroxyl groups excluding tert-OH is 2. The van der Waals surface area contributed by atoms with Crippen LogP contribution in [0.1, 0.15) is 21.6 Å². The molecule has 25 heavy (non-hydrogen) atoms. The molecule has 136 valence electrons. The Morgan fingerprint density at radius 1 is 1.40 bits per heavy atom. The van der Waals surface area contributed by atoms with E-state index in [1.54, 1.807) is 28.0 Å². The first-order valence-electron chi connectivity index (χ1n) is 8.53. The fourth-order valence-electron chi connectivity index (χ4n) is 3.19. The largest absolute Gasteiger partial charge is 0.394 e. The normalized spacial score (nSPS) is 19.2. The highest BCUT2D eigenvalue weighted by atomic mass is 16.3. The minimum Gasteiger partial charge on any atom is -0.394 e. The highest BCUT2D eigenvalue weighted by Gasteiger charge is 2.25. The van der Waals surface area contributed by atoms with E-state index in [2.05, 4.69) is 15.0 Å². The van der Waals surface area contributed by atoms with Crippen molar-refractivity contribution < 1.29 is 15.0 Å². The molecule has 3 rings (SSSR count). The maximum atomic E-state index is 12.5. The van der Waals surface area contributed by atoms with Crippen molar-refractivity contribution in [3.63, 3.8) is 0 Å². The molecule has 0 aliphatic carbocycles. The number of amides is 1. The van der Waals surface area contributed by atoms with Crippen molar-refractivity contribution in [2.45, 2.75) is 26.1 Å². The number of aromatic nitrogens is 3. The third kappa shape index (κ3) is 4.28. The molecule has 1 aliphatic rings. The molecule has 3 heterocycles. The van der Waals surface area contributed by atoms with Crippen LogP contribution in [0, 0.1) is 6.92 Å². The van der Waals surface area contributed by atoms with Gasteiger partial charge in [0.05, 0.1) is 30.5 Å². The fourth-order valence-corrected chi connectivity index (χ4v) is 3.19. The number of carbonyl (C=O) groups is 1. The van der Waals surface area contributed by atoms with Crippen molar-refractivity contribution in [2.75, 3.05) is 32.8 Å². The van der Waals surface area contributed by atoms with Crippen LogP contribution >= 0.6 is 0 Å². The van der Waals surface area contributed by atoms with Crippen LogP contribution in [0.5, 0.6) is 0 Å². The van der Waals surface area contributed by atoms with Gasteiger partial charge in [0, 0.05) is 56.9 Å². The lowest BCUT2D eigenvalue weighted by molar-refractivity contribution is 0.0663. The minimum absolute atomic E-state index is 0.0548. The van der Waals surface area contributed by atoms with E-state index in [0.717, 1.165) is 11.3 Å². The average molecular weight is 347 g/mol. The summed E-state index contributed by atoms with van der Waals surface area (Å²) in [5.41, 5.74) is 2.61. The number of hydrogen-bond donors (Lipinski definition) is 3. The van der Waals surface area contributed by atoms with E-state index in [4.69, 9.17) is 5.11 Å². The number of H-pyrrole nitrogens is 1. The molecule has 1 amide bonds. The molecule has 1 aliphatic heterocycles. The molecule has 2 aromatic rings. The summed E-state index contributed by atoms with van der Waals surface area (Å²) in [4.78, 5) is 19.2. The molecule has 2 aromatic heterocycles. The van der Waals surface area contributed by atoms with Gasteiger partial charge in [-0.1, -0.05) is 0 Å². The summed E-state index contributed by atoms with van der Waals surface area (Å²) in [5.74, 6) is -0.0610. The Morgan fingerprint density at radius 3 is 2.96 bits per heavy atom. The standard InChI is InChI=1S/C17H25N5O3/c1-13-15(10-22(19-13)6-7-23)9-20-4-5-21(12-16(24)11-20)17(25)14-2-3-18-8-14/h2-3,8,10,16,18,23-24H,4-7,9,11-12H2,1H3/t16-/m0/s1. The zero-order valence-electron chi connectivity index (χ0n) is 14.4. The Balaban J connectivity index is 1.64. The van der Waals surface area contributed by atoms with Gasteiger partial charge in [-0.05, 0) is 13.0 Å². The Labute approximate surface area is 146 Å². The van der Waals surface area contributed by atoms with E-state index in [9.17, 15) is 9.90 Å². The van der Waals surface area contributed by atoms with Gasteiger partial charge in [-0.15, -0.1) is 0 Å². The van der Waals surface area contributed by atoms with Crippen molar-refractivity contribution in [2.24, 2.45) is 0 Å². The topological polar surface area (TPSA) is 97.6 Å². The quantitative estimate of drug-likeness (QED) is 0.698. The second-order valence-corrected chi connectivity index (χ2v) is 6.47. The van der Waals surface area contributed by atoms with Gasteiger partial charge in [0.15, 0.2) is 0 Å². The Bertz CT molecular complexity index is 697. The first kappa shape index (κ1) is 17.7. The number of rotatable bonds is 5. The molecule has 0 saturated carbocycles. The number of nitrogens with one attached hydrogen (secondary N) is 1. The molecular weight excluding hydrogens is 322 g/mol. The van der Waals surface area contributed by atoms with Crippen LogP contribution in [0.15, 0.2) is 24.7 Å². The lowest BCUT2D eigenvalue weighted by atomic mass is 10.2. The van der Waals surface area contributed by atoms with Crippen molar-refractivity contribution in [3.8, 4) is 0 Å². The van der Waals surface area contributed by atoms with Crippen molar-refractivity contribution in [1.82, 2.24) is 24.6 Å². The molecule has 1 fully saturated rings. The lowest BCUT2D eigenvalue weighted by Crippen LogP contribution is -2.37. The smallest absolute Gasteiger partial charge is 0.255 e. The van der Waals surface area contributed by atoms with Crippen LogP contribution in [0.3, 0.4) is 0 Å². The molecular formula is C17H25N5O3. The number of β-amino-alcohol motifs (C(OH)–C–C–N with tert-alkyl or cyclic N) is 1. The third-order valence-corrected chi connectivity index (χ3v) is 4.49. The van der Waals surface area contributed by atoms with E-state index >= 15 is 0 Å². The summed E-state index contributed by atoms with van der Waals surface area (Å²) in [7, 11) is 0. The Morgan fingerprint density at radius 2 is 2.24 bits per heavy atom. The highest BCUT2D eigenvalue weighted by Crippen LogP contribution is 2.14. The number of aryl methyl sites for hydroxylation is 1. The number of aromatic amines is 1. The van der Waals surface area contributed by atoms with Gasteiger partial charge < -0.3 is 20.1 Å². The number of aliphatic hydroxyl groups is 2. The second-order valence-electron chi connectivity index (χ2n) is 6.47. The van der Waals surface area contributed by atoms with Gasteiger partial charge in [-0.3, -0.25) is 14.4 Å². The summed E-state index contributed by atoms with van der Waals surface area (Å²) in [5, 5.41) is 23.7. The highest BCUT2D eigenvalue weighted by molar-refractivity contribution is 5.94. The number of carbonyl (C=O) groups excluding carboxylic acids is 1. The first-order valence-corrected chi connectivity index (χ1v) is 8.53. The Hall–Kier alpha value is -2.16. The maximum Gasteiger partial charge on any atom is 0.255 e. The number of hydrogen-bond acceptors (Lipinski definition) is 5. The predicted octanol–water partition coefficient (Wildman–Crippen LogP) is -0.169. The molecule has 0 spiro atoms. The molecule has 0 unspecified atom stereocenters. The van der Waals surface area contributed by atoms with Crippen molar-refractivity contribution in [3.05, 3.63) is 41.5 Å². The summed E-state index contributed by atoms with van der Waals surface area (Å²) in [6.45, 7) is 5.26. The van der Waals surface area contributed by atoms with Crippen LogP contribution in [0.2, 0.25) is 0 Å². The fraction of sp³-hybridized carbons (Fsp3) is 0.529. The van der Waals surface area contributed by atoms with Crippen LogP contribution in [-0.2, 0) is 13.1 Å². The van der Waals surface area contributed by atoms with Crippen molar-refractivity contribution in [1.29, 1.82) is 0 Å². The SMILES string of the molecule is Cc1nn(CCO)cc1CN1CCN(C(=O)c2cc[nH]c2)C[C@@H](O)C1. The molecule has 8 nitrogen and oxygen atoms in total. The molecule has 0 radical (unpaired) electrons. The summed E-state index contributed by atoms with van der Waals surface area (Å²) >= 11 is 0. The van der Waals surface area contributed by atoms with Gasteiger partial charge >= 0.3 is 0 Å². The van der Waals surface area contributed by atoms with E-state index < -0.39 is 6.10 Å². The third-order valence-electron chi connectivity index (χ3n) is 4.49. The zero-order chi connectivity index (χ0) is 17.8. The molecule has 1 atom stereocenters. The maximum absolute atomic E-state index is 12.5. The van der Waals surface area contributed by atoms with E-state index in [1.165, 1.54) is 0 Å². The zero-order valence-corrected chi connectivity index (χ0v) is 14.4. The van der Waals surface area contributed by atoms with Crippen LogP contribution < -0.4 is 0 Å². The van der Waals surface area contributed by atoms with Gasteiger partial charge in [0.25, 0.3) is 5.91 Å².